The summed E-state index contributed by atoms with van der Waals surface area (Å²) in [6.07, 6.45) is 4.10. The lowest BCUT2D eigenvalue weighted by molar-refractivity contribution is -0.113. The van der Waals surface area contributed by atoms with E-state index in [4.69, 9.17) is 5.11 Å². The van der Waals surface area contributed by atoms with Crippen molar-refractivity contribution >= 4 is 5.78 Å². The monoisotopic (exact) mass is 294 g/mol. The van der Waals surface area contributed by atoms with E-state index in [2.05, 4.69) is 23.7 Å². The van der Waals surface area contributed by atoms with E-state index in [-0.39, 0.29) is 18.8 Å². The van der Waals surface area contributed by atoms with Crippen LogP contribution in [0.15, 0.2) is 0 Å². The number of hydrogen-bond acceptors (Lipinski definition) is 4. The molecule has 0 bridgehead atoms. The molecule has 0 rings (SSSR count). The molecule has 0 aliphatic heterocycles. The van der Waals surface area contributed by atoms with Crippen molar-refractivity contribution in [2.75, 3.05) is 6.61 Å². The van der Waals surface area contributed by atoms with Crippen LogP contribution in [-0.2, 0) is 4.79 Å². The van der Waals surface area contributed by atoms with Gasteiger partial charge < -0.3 is 15.3 Å². The van der Waals surface area contributed by atoms with Crippen molar-refractivity contribution in [2.45, 2.75) is 70.5 Å². The fourth-order valence-electron chi connectivity index (χ4n) is 1.71. The molecule has 4 heteroatoms. The third-order valence-electron chi connectivity index (χ3n) is 3.09. The van der Waals surface area contributed by atoms with Crippen molar-refractivity contribution in [1.82, 2.24) is 0 Å². The summed E-state index contributed by atoms with van der Waals surface area (Å²) in [5, 5.41) is 28.1. The summed E-state index contributed by atoms with van der Waals surface area (Å²) in [7, 11) is 0. The molecule has 0 amide bonds. The van der Waals surface area contributed by atoms with Crippen molar-refractivity contribution < 1.29 is 20.1 Å². The van der Waals surface area contributed by atoms with Crippen LogP contribution < -0.4 is 0 Å². The van der Waals surface area contributed by atoms with E-state index in [1.165, 1.54) is 0 Å². The first-order valence-corrected chi connectivity index (χ1v) is 7.60. The standard InChI is InChI=1S/C17H26O4/c1-2-15(19)11-7-6-9-13-17(21)16(20)12-8-4-3-5-10-14-18/h16-18,20-21H,2-5,8,10,12-14H2,1H3. The zero-order valence-electron chi connectivity index (χ0n) is 12.8. The number of Topliss-reactive ketones (excluding diaryl/α,β-unsaturated/α-hetero) is 1. The smallest absolute Gasteiger partial charge is 0.206 e. The maximum absolute atomic E-state index is 10.9. The number of carbonyl (C=O) groups excluding carboxylic acids is 1. The van der Waals surface area contributed by atoms with Gasteiger partial charge in [0.25, 0.3) is 0 Å². The van der Waals surface area contributed by atoms with Crippen molar-refractivity contribution in [3.63, 3.8) is 0 Å². The van der Waals surface area contributed by atoms with Gasteiger partial charge >= 0.3 is 0 Å². The van der Waals surface area contributed by atoms with E-state index in [1.807, 2.05) is 0 Å². The molecule has 21 heavy (non-hydrogen) atoms. The Kier molecular flexibility index (Phi) is 12.8. The average Bonchev–Trinajstić information content (AvgIpc) is 2.49. The quantitative estimate of drug-likeness (QED) is 0.323. The minimum atomic E-state index is -0.876. The summed E-state index contributed by atoms with van der Waals surface area (Å²) < 4.78 is 0. The third kappa shape index (κ3) is 12.1. The second-order valence-electron chi connectivity index (χ2n) is 4.95. The van der Waals surface area contributed by atoms with Gasteiger partial charge in [-0.25, -0.2) is 0 Å². The lowest BCUT2D eigenvalue weighted by Crippen LogP contribution is -2.25. The van der Waals surface area contributed by atoms with Crippen LogP contribution in [0.5, 0.6) is 0 Å². The molecule has 3 N–H and O–H groups in total. The summed E-state index contributed by atoms with van der Waals surface area (Å²) in [5.41, 5.74) is 0. The highest BCUT2D eigenvalue weighted by molar-refractivity contribution is 5.95. The van der Waals surface area contributed by atoms with Crippen LogP contribution in [0.1, 0.15) is 58.3 Å². The van der Waals surface area contributed by atoms with Gasteiger partial charge in [-0.1, -0.05) is 38.5 Å². The maximum atomic E-state index is 10.9. The molecule has 2 unspecified atom stereocenters. The Morgan fingerprint density at radius 1 is 1.00 bits per heavy atom. The molecule has 0 aromatic rings. The molecule has 4 nitrogen and oxygen atoms in total. The van der Waals surface area contributed by atoms with Gasteiger partial charge in [-0.3, -0.25) is 4.79 Å². The maximum Gasteiger partial charge on any atom is 0.206 e. The summed E-state index contributed by atoms with van der Waals surface area (Å²) in [4.78, 5) is 10.9. The van der Waals surface area contributed by atoms with E-state index in [9.17, 15) is 15.0 Å². The molecule has 0 fully saturated rings. The van der Waals surface area contributed by atoms with Crippen LogP contribution in [0, 0.1) is 23.7 Å². The Hall–Kier alpha value is -1.33. The van der Waals surface area contributed by atoms with Gasteiger partial charge in [-0.15, -0.1) is 0 Å². The second kappa shape index (κ2) is 13.6. The van der Waals surface area contributed by atoms with Crippen LogP contribution in [-0.4, -0.2) is 39.9 Å². The second-order valence-corrected chi connectivity index (χ2v) is 4.95. The van der Waals surface area contributed by atoms with Crippen molar-refractivity contribution in [2.24, 2.45) is 0 Å². The van der Waals surface area contributed by atoms with Crippen molar-refractivity contribution in [1.29, 1.82) is 0 Å². The lowest BCUT2D eigenvalue weighted by Gasteiger charge is -2.15. The predicted octanol–water partition coefficient (Wildman–Crippen LogP) is 1.42. The lowest BCUT2D eigenvalue weighted by atomic mass is 10.0. The van der Waals surface area contributed by atoms with Crippen molar-refractivity contribution in [3.8, 4) is 23.7 Å². The Morgan fingerprint density at radius 2 is 1.67 bits per heavy atom. The van der Waals surface area contributed by atoms with Crippen molar-refractivity contribution in [3.05, 3.63) is 0 Å². The number of aliphatic hydroxyl groups excluding tert-OH is 3. The van der Waals surface area contributed by atoms with Crippen LogP contribution >= 0.6 is 0 Å². The first-order valence-electron chi connectivity index (χ1n) is 7.60. The first kappa shape index (κ1) is 19.7. The molecule has 0 heterocycles. The Balaban J connectivity index is 3.79. The number of carbonyl (C=O) groups is 1. The third-order valence-corrected chi connectivity index (χ3v) is 3.09. The number of hydrogen-bond donors (Lipinski definition) is 3. The number of aliphatic hydroxyl groups is 3. The largest absolute Gasteiger partial charge is 0.396 e. The van der Waals surface area contributed by atoms with Gasteiger partial charge in [0.05, 0.1) is 12.2 Å². The van der Waals surface area contributed by atoms with Gasteiger partial charge in [-0.05, 0) is 30.6 Å². The van der Waals surface area contributed by atoms with E-state index < -0.39 is 12.2 Å². The minimum Gasteiger partial charge on any atom is -0.396 e. The molecule has 2 atom stereocenters. The molecular weight excluding hydrogens is 268 g/mol. The zero-order valence-corrected chi connectivity index (χ0v) is 12.8. The Bertz CT molecular complexity index is 394. The van der Waals surface area contributed by atoms with Crippen LogP contribution in [0.25, 0.3) is 0 Å². The molecule has 0 saturated heterocycles. The molecule has 118 valence electrons. The minimum absolute atomic E-state index is 0.153. The highest BCUT2D eigenvalue weighted by Crippen LogP contribution is 2.10. The fourth-order valence-corrected chi connectivity index (χ4v) is 1.71. The molecule has 0 radical (unpaired) electrons. The van der Waals surface area contributed by atoms with Gasteiger partial charge in [0.15, 0.2) is 0 Å². The summed E-state index contributed by atoms with van der Waals surface area (Å²) >= 11 is 0. The zero-order chi connectivity index (χ0) is 15.9. The average molecular weight is 294 g/mol. The number of ketones is 1. The predicted molar refractivity (Wildman–Crippen MR) is 82.3 cm³/mol. The molecule has 0 aliphatic carbocycles. The van der Waals surface area contributed by atoms with E-state index in [0.717, 1.165) is 32.1 Å². The van der Waals surface area contributed by atoms with Gasteiger partial charge in [-0.2, -0.15) is 0 Å². The van der Waals surface area contributed by atoms with Crippen LogP contribution in [0.2, 0.25) is 0 Å². The van der Waals surface area contributed by atoms with Gasteiger partial charge in [0.2, 0.25) is 5.78 Å². The molecule has 0 spiro atoms. The molecule has 0 aromatic heterocycles. The number of rotatable bonds is 10. The first-order chi connectivity index (χ1) is 10.1. The molecule has 0 saturated carbocycles. The van der Waals surface area contributed by atoms with Crippen LogP contribution in [0.3, 0.4) is 0 Å². The summed E-state index contributed by atoms with van der Waals surface area (Å²) in [5.74, 6) is 9.79. The molecule has 0 aromatic carbocycles. The van der Waals surface area contributed by atoms with E-state index in [0.29, 0.717) is 12.8 Å². The Morgan fingerprint density at radius 3 is 2.33 bits per heavy atom. The fraction of sp³-hybridized carbons (Fsp3) is 0.706. The SMILES string of the molecule is CCC(=O)C#CC#CCC(O)C(O)CCCCCCCO. The van der Waals surface area contributed by atoms with E-state index >= 15 is 0 Å². The van der Waals surface area contributed by atoms with E-state index in [1.54, 1.807) is 6.92 Å². The molecular formula is C17H26O4. The summed E-state index contributed by atoms with van der Waals surface area (Å²) in [6, 6.07) is 0. The number of unbranched alkanes of at least 4 members (excludes halogenated alkanes) is 4. The Labute approximate surface area is 127 Å². The van der Waals surface area contributed by atoms with Gasteiger partial charge in [0, 0.05) is 19.4 Å². The van der Waals surface area contributed by atoms with Crippen LogP contribution in [0.4, 0.5) is 0 Å². The highest BCUT2D eigenvalue weighted by atomic mass is 16.3. The molecule has 0 aliphatic rings. The highest BCUT2D eigenvalue weighted by Gasteiger charge is 2.14. The van der Waals surface area contributed by atoms with Gasteiger partial charge in [0.1, 0.15) is 0 Å². The summed E-state index contributed by atoms with van der Waals surface area (Å²) in [6.45, 7) is 1.96. The topological polar surface area (TPSA) is 77.8 Å². The normalized spacial score (nSPS) is 12.6.